The summed E-state index contributed by atoms with van der Waals surface area (Å²) >= 11 is 3.29. The number of hydrogen-bond donors (Lipinski definition) is 0. The fourth-order valence-corrected chi connectivity index (χ4v) is 1.38. The van der Waals surface area contributed by atoms with E-state index in [1.54, 1.807) is 6.07 Å². The average Bonchev–Trinajstić information content (AvgIpc) is 2.13. The first-order chi connectivity index (χ1) is 6.99. The van der Waals surface area contributed by atoms with Crippen molar-refractivity contribution >= 4 is 15.9 Å². The van der Waals surface area contributed by atoms with Crippen LogP contribution >= 0.6 is 15.9 Å². The Morgan fingerprint density at radius 1 is 1.20 bits per heavy atom. The molecule has 1 rings (SSSR count). The SMILES string of the molecule is FC(F)(F)CCOCc1ccccc1Br. The van der Waals surface area contributed by atoms with E-state index in [-0.39, 0.29) is 13.2 Å². The van der Waals surface area contributed by atoms with Crippen LogP contribution in [0, 0.1) is 0 Å². The van der Waals surface area contributed by atoms with Gasteiger partial charge in [0.1, 0.15) is 0 Å². The Morgan fingerprint density at radius 2 is 1.87 bits per heavy atom. The second-order valence-electron chi connectivity index (χ2n) is 3.01. The molecule has 5 heteroatoms. The van der Waals surface area contributed by atoms with E-state index in [1.165, 1.54) is 0 Å². The van der Waals surface area contributed by atoms with E-state index in [2.05, 4.69) is 15.9 Å². The van der Waals surface area contributed by atoms with Crippen molar-refractivity contribution in [3.05, 3.63) is 34.3 Å². The summed E-state index contributed by atoms with van der Waals surface area (Å²) in [4.78, 5) is 0. The quantitative estimate of drug-likeness (QED) is 0.761. The first kappa shape index (κ1) is 12.5. The van der Waals surface area contributed by atoms with Crippen LogP contribution in [0.15, 0.2) is 28.7 Å². The lowest BCUT2D eigenvalue weighted by Gasteiger charge is -2.08. The van der Waals surface area contributed by atoms with Gasteiger partial charge < -0.3 is 4.74 Å². The van der Waals surface area contributed by atoms with Crippen LogP contribution in [0.5, 0.6) is 0 Å². The highest BCUT2D eigenvalue weighted by Crippen LogP contribution is 2.20. The molecule has 0 aliphatic rings. The molecule has 0 spiro atoms. The maximum absolute atomic E-state index is 11.8. The van der Waals surface area contributed by atoms with Crippen molar-refractivity contribution in [3.63, 3.8) is 0 Å². The van der Waals surface area contributed by atoms with Crippen molar-refractivity contribution < 1.29 is 17.9 Å². The van der Waals surface area contributed by atoms with Crippen molar-refractivity contribution in [2.24, 2.45) is 0 Å². The third-order valence-corrected chi connectivity index (χ3v) is 2.52. The highest BCUT2D eigenvalue weighted by atomic mass is 79.9. The Kier molecular flexibility index (Phi) is 4.60. The van der Waals surface area contributed by atoms with Crippen LogP contribution in [0.1, 0.15) is 12.0 Å². The van der Waals surface area contributed by atoms with Gasteiger partial charge in [0.15, 0.2) is 0 Å². The Hall–Kier alpha value is -0.550. The van der Waals surface area contributed by atoms with E-state index in [0.717, 1.165) is 10.0 Å². The Bertz CT molecular complexity index is 312. The normalized spacial score (nSPS) is 11.7. The number of benzene rings is 1. The summed E-state index contributed by atoms with van der Waals surface area (Å²) in [5.74, 6) is 0. The maximum Gasteiger partial charge on any atom is 0.391 e. The molecule has 0 N–H and O–H groups in total. The molecule has 1 aromatic rings. The van der Waals surface area contributed by atoms with Crippen LogP contribution in [0.2, 0.25) is 0 Å². The van der Waals surface area contributed by atoms with Crippen LogP contribution in [0.4, 0.5) is 13.2 Å². The molecular weight excluding hydrogens is 273 g/mol. The third-order valence-electron chi connectivity index (χ3n) is 1.75. The largest absolute Gasteiger partial charge is 0.391 e. The van der Waals surface area contributed by atoms with Crippen molar-refractivity contribution in [3.8, 4) is 0 Å². The van der Waals surface area contributed by atoms with Gasteiger partial charge in [-0.2, -0.15) is 13.2 Å². The summed E-state index contributed by atoms with van der Waals surface area (Å²) in [6, 6.07) is 7.27. The van der Waals surface area contributed by atoms with E-state index in [9.17, 15) is 13.2 Å². The van der Waals surface area contributed by atoms with E-state index in [4.69, 9.17) is 4.74 Å². The summed E-state index contributed by atoms with van der Waals surface area (Å²) in [6.07, 6.45) is -5.05. The van der Waals surface area contributed by atoms with Gasteiger partial charge in [-0.1, -0.05) is 34.1 Å². The minimum absolute atomic E-state index is 0.192. The summed E-state index contributed by atoms with van der Waals surface area (Å²) in [5, 5.41) is 0. The second-order valence-corrected chi connectivity index (χ2v) is 3.86. The minimum atomic E-state index is -4.14. The van der Waals surface area contributed by atoms with Gasteiger partial charge in [-0.15, -0.1) is 0 Å². The number of ether oxygens (including phenoxy) is 1. The van der Waals surface area contributed by atoms with Crippen molar-refractivity contribution in [1.29, 1.82) is 0 Å². The highest BCUT2D eigenvalue weighted by molar-refractivity contribution is 9.10. The number of hydrogen-bond acceptors (Lipinski definition) is 1. The predicted octanol–water partition coefficient (Wildman–Crippen LogP) is 3.92. The fourth-order valence-electron chi connectivity index (χ4n) is 0.985. The molecule has 0 aromatic heterocycles. The molecule has 15 heavy (non-hydrogen) atoms. The summed E-state index contributed by atoms with van der Waals surface area (Å²) in [5.41, 5.74) is 0.847. The molecule has 1 nitrogen and oxygen atoms in total. The molecule has 0 fully saturated rings. The van der Waals surface area contributed by atoms with Crippen LogP contribution in [-0.2, 0) is 11.3 Å². The molecule has 0 saturated carbocycles. The van der Waals surface area contributed by atoms with Gasteiger partial charge in [0.2, 0.25) is 0 Å². The lowest BCUT2D eigenvalue weighted by Crippen LogP contribution is -2.11. The lowest BCUT2D eigenvalue weighted by molar-refractivity contribution is -0.146. The Balaban J connectivity index is 2.30. The summed E-state index contributed by atoms with van der Waals surface area (Å²) in [6.45, 7) is -0.109. The van der Waals surface area contributed by atoms with Crippen molar-refractivity contribution in [2.75, 3.05) is 6.61 Å². The zero-order valence-electron chi connectivity index (χ0n) is 7.85. The second kappa shape index (κ2) is 5.51. The number of rotatable bonds is 4. The van der Waals surface area contributed by atoms with Crippen LogP contribution in [-0.4, -0.2) is 12.8 Å². The van der Waals surface area contributed by atoms with Gasteiger partial charge in [0, 0.05) is 4.47 Å². The van der Waals surface area contributed by atoms with Crippen LogP contribution < -0.4 is 0 Å². The zero-order chi connectivity index (χ0) is 11.3. The lowest BCUT2D eigenvalue weighted by atomic mass is 10.2. The smallest absolute Gasteiger partial charge is 0.376 e. The molecule has 84 valence electrons. The van der Waals surface area contributed by atoms with Crippen LogP contribution in [0.3, 0.4) is 0 Å². The van der Waals surface area contributed by atoms with Gasteiger partial charge in [0.25, 0.3) is 0 Å². The summed E-state index contributed by atoms with van der Waals surface area (Å²) < 4.78 is 41.1. The van der Waals surface area contributed by atoms with Crippen molar-refractivity contribution in [2.45, 2.75) is 19.2 Å². The molecule has 0 bridgehead atoms. The monoisotopic (exact) mass is 282 g/mol. The molecule has 1 aromatic carbocycles. The molecule has 0 aliphatic carbocycles. The molecule has 0 unspecified atom stereocenters. The maximum atomic E-state index is 11.8. The highest BCUT2D eigenvalue weighted by Gasteiger charge is 2.26. The van der Waals surface area contributed by atoms with E-state index >= 15 is 0 Å². The van der Waals surface area contributed by atoms with Crippen molar-refractivity contribution in [1.82, 2.24) is 0 Å². The van der Waals surface area contributed by atoms with E-state index < -0.39 is 12.6 Å². The predicted molar refractivity (Wildman–Crippen MR) is 54.5 cm³/mol. The molecule has 0 atom stereocenters. The van der Waals surface area contributed by atoms with Gasteiger partial charge in [-0.3, -0.25) is 0 Å². The summed E-state index contributed by atoms with van der Waals surface area (Å²) in [7, 11) is 0. The van der Waals surface area contributed by atoms with E-state index in [1.807, 2.05) is 18.2 Å². The standard InChI is InChI=1S/C10H10BrF3O/c11-9-4-2-1-3-8(9)7-15-6-5-10(12,13)14/h1-4H,5-7H2. The molecule has 0 saturated heterocycles. The molecule has 0 amide bonds. The fraction of sp³-hybridized carbons (Fsp3) is 0.400. The topological polar surface area (TPSA) is 9.23 Å². The number of halogens is 4. The molecule has 0 radical (unpaired) electrons. The first-order valence-electron chi connectivity index (χ1n) is 4.37. The Labute approximate surface area is 94.4 Å². The molecule has 0 aliphatic heterocycles. The van der Waals surface area contributed by atoms with Crippen LogP contribution in [0.25, 0.3) is 0 Å². The molecular formula is C10H10BrF3O. The van der Waals surface area contributed by atoms with Gasteiger partial charge in [-0.25, -0.2) is 0 Å². The van der Waals surface area contributed by atoms with Gasteiger partial charge >= 0.3 is 6.18 Å². The Morgan fingerprint density at radius 3 is 2.47 bits per heavy atom. The van der Waals surface area contributed by atoms with E-state index in [0.29, 0.717) is 0 Å². The number of alkyl halides is 3. The average molecular weight is 283 g/mol. The first-order valence-corrected chi connectivity index (χ1v) is 5.16. The zero-order valence-corrected chi connectivity index (χ0v) is 9.44. The molecule has 0 heterocycles. The third kappa shape index (κ3) is 5.18. The van der Waals surface area contributed by atoms with Gasteiger partial charge in [-0.05, 0) is 11.6 Å². The minimum Gasteiger partial charge on any atom is -0.376 e. The van der Waals surface area contributed by atoms with Gasteiger partial charge in [0.05, 0.1) is 19.6 Å².